The van der Waals surface area contributed by atoms with E-state index in [9.17, 15) is 9.59 Å². The van der Waals surface area contributed by atoms with Crippen LogP contribution in [-0.2, 0) is 22.6 Å². The highest BCUT2D eigenvalue weighted by atomic mass is 35.5. The van der Waals surface area contributed by atoms with Crippen molar-refractivity contribution < 1.29 is 14.3 Å². The van der Waals surface area contributed by atoms with E-state index in [1.807, 2.05) is 25.1 Å². The summed E-state index contributed by atoms with van der Waals surface area (Å²) in [4.78, 5) is 28.1. The predicted octanol–water partition coefficient (Wildman–Crippen LogP) is 4.11. The van der Waals surface area contributed by atoms with E-state index in [1.54, 1.807) is 37.2 Å². The summed E-state index contributed by atoms with van der Waals surface area (Å²) in [5.41, 5.74) is 2.58. The summed E-state index contributed by atoms with van der Waals surface area (Å²) >= 11 is 12.4. The van der Waals surface area contributed by atoms with E-state index >= 15 is 0 Å². The molecular formula is C21H22Cl2N2O3. The Hall–Kier alpha value is -2.24. The Labute approximate surface area is 174 Å². The van der Waals surface area contributed by atoms with Gasteiger partial charge in [0.1, 0.15) is 5.75 Å². The number of nitrogens with zero attached hydrogens (tertiary/aromatic N) is 2. The van der Waals surface area contributed by atoms with Gasteiger partial charge in [0.2, 0.25) is 5.91 Å². The Bertz CT molecular complexity index is 894. The molecule has 0 saturated carbocycles. The minimum atomic E-state index is -0.120. The molecule has 0 N–H and O–H groups in total. The molecule has 0 spiro atoms. The van der Waals surface area contributed by atoms with Crippen LogP contribution < -0.4 is 4.74 Å². The molecule has 2 amide bonds. The molecular weight excluding hydrogens is 399 g/mol. The van der Waals surface area contributed by atoms with Gasteiger partial charge in [-0.3, -0.25) is 9.59 Å². The first-order chi connectivity index (χ1) is 13.3. The zero-order valence-corrected chi connectivity index (χ0v) is 17.5. The van der Waals surface area contributed by atoms with E-state index in [0.717, 1.165) is 11.1 Å². The molecule has 0 fully saturated rings. The molecule has 1 heterocycles. The van der Waals surface area contributed by atoms with Crippen molar-refractivity contribution in [2.24, 2.45) is 0 Å². The minimum absolute atomic E-state index is 0.0407. The van der Waals surface area contributed by atoms with Crippen LogP contribution >= 0.6 is 23.2 Å². The molecule has 0 saturated heterocycles. The molecule has 0 aliphatic carbocycles. The molecule has 0 bridgehead atoms. The zero-order valence-electron chi connectivity index (χ0n) is 16.0. The third-order valence-corrected chi connectivity index (χ3v) is 5.68. The first-order valence-corrected chi connectivity index (χ1v) is 9.72. The highest BCUT2D eigenvalue weighted by molar-refractivity contribution is 6.36. The number of amides is 2. The fourth-order valence-electron chi connectivity index (χ4n) is 3.28. The molecule has 2 aromatic carbocycles. The van der Waals surface area contributed by atoms with Crippen molar-refractivity contribution in [2.45, 2.75) is 25.9 Å². The van der Waals surface area contributed by atoms with E-state index in [4.69, 9.17) is 27.9 Å². The largest absolute Gasteiger partial charge is 0.483 e. The fourth-order valence-corrected chi connectivity index (χ4v) is 3.81. The van der Waals surface area contributed by atoms with Crippen LogP contribution in [0.3, 0.4) is 0 Å². The molecule has 5 nitrogen and oxygen atoms in total. The number of benzene rings is 2. The number of halogens is 2. The van der Waals surface area contributed by atoms with Crippen molar-refractivity contribution in [1.29, 1.82) is 0 Å². The van der Waals surface area contributed by atoms with Gasteiger partial charge in [-0.25, -0.2) is 0 Å². The molecule has 28 heavy (non-hydrogen) atoms. The highest BCUT2D eigenvalue weighted by Gasteiger charge is 2.33. The Morgan fingerprint density at radius 2 is 1.79 bits per heavy atom. The maximum absolute atomic E-state index is 13.0. The van der Waals surface area contributed by atoms with Crippen LogP contribution in [0.15, 0.2) is 36.4 Å². The summed E-state index contributed by atoms with van der Waals surface area (Å²) in [5, 5.41) is 0.966. The van der Waals surface area contributed by atoms with Crippen LogP contribution in [0.4, 0.5) is 0 Å². The van der Waals surface area contributed by atoms with Gasteiger partial charge in [0.25, 0.3) is 5.91 Å². The van der Waals surface area contributed by atoms with Crippen LogP contribution in [0.5, 0.6) is 5.75 Å². The number of carbonyl (C=O) groups is 2. The predicted molar refractivity (Wildman–Crippen MR) is 110 cm³/mol. The van der Waals surface area contributed by atoms with Crippen molar-refractivity contribution in [3.05, 3.63) is 63.1 Å². The smallest absolute Gasteiger partial charge is 0.259 e. The Balaban J connectivity index is 1.77. The van der Waals surface area contributed by atoms with Crippen LogP contribution in [0.2, 0.25) is 10.0 Å². The van der Waals surface area contributed by atoms with Crippen molar-refractivity contribution in [2.75, 3.05) is 20.7 Å². The van der Waals surface area contributed by atoms with Gasteiger partial charge in [-0.1, -0.05) is 41.4 Å². The Morgan fingerprint density at radius 1 is 1.14 bits per heavy atom. The molecule has 1 unspecified atom stereocenters. The number of rotatable bonds is 5. The zero-order chi connectivity index (χ0) is 20.4. The monoisotopic (exact) mass is 420 g/mol. The number of likely N-dealkylation sites (N-methyl/N-ethyl adjacent to an activating group) is 1. The van der Waals surface area contributed by atoms with Gasteiger partial charge in [-0.2, -0.15) is 0 Å². The summed E-state index contributed by atoms with van der Waals surface area (Å²) in [7, 11) is 3.37. The van der Waals surface area contributed by atoms with Crippen molar-refractivity contribution in [1.82, 2.24) is 9.80 Å². The quantitative estimate of drug-likeness (QED) is 0.731. The summed E-state index contributed by atoms with van der Waals surface area (Å²) in [5.74, 6) is 0.449. The molecule has 148 valence electrons. The second-order valence-corrected chi connectivity index (χ2v) is 7.79. The Kier molecular flexibility index (Phi) is 6.16. The lowest BCUT2D eigenvalue weighted by Crippen LogP contribution is -2.30. The normalized spacial score (nSPS) is 15.3. The summed E-state index contributed by atoms with van der Waals surface area (Å²) < 4.78 is 5.73. The van der Waals surface area contributed by atoms with Gasteiger partial charge < -0.3 is 14.5 Å². The third kappa shape index (κ3) is 4.10. The van der Waals surface area contributed by atoms with Gasteiger partial charge >= 0.3 is 0 Å². The maximum Gasteiger partial charge on any atom is 0.259 e. The minimum Gasteiger partial charge on any atom is -0.483 e. The first-order valence-electron chi connectivity index (χ1n) is 8.96. The molecule has 7 heteroatoms. The van der Waals surface area contributed by atoms with Gasteiger partial charge in [0, 0.05) is 29.7 Å². The first kappa shape index (κ1) is 20.5. The van der Waals surface area contributed by atoms with Crippen LogP contribution in [0, 0.1) is 0 Å². The number of hydrogen-bond donors (Lipinski definition) is 0. The second-order valence-electron chi connectivity index (χ2n) is 6.98. The second kappa shape index (κ2) is 8.41. The maximum atomic E-state index is 13.0. The van der Waals surface area contributed by atoms with Gasteiger partial charge in [-0.15, -0.1) is 0 Å². The van der Waals surface area contributed by atoms with E-state index in [0.29, 0.717) is 27.9 Å². The van der Waals surface area contributed by atoms with E-state index in [2.05, 4.69) is 0 Å². The van der Waals surface area contributed by atoms with E-state index in [-0.39, 0.29) is 30.9 Å². The number of hydrogen-bond acceptors (Lipinski definition) is 3. The average molecular weight is 421 g/mol. The topological polar surface area (TPSA) is 49.9 Å². The molecule has 1 aliphatic rings. The van der Waals surface area contributed by atoms with Crippen molar-refractivity contribution in [3.63, 3.8) is 0 Å². The van der Waals surface area contributed by atoms with Gasteiger partial charge in [-0.05, 0) is 36.2 Å². The molecule has 3 rings (SSSR count). The van der Waals surface area contributed by atoms with Crippen molar-refractivity contribution >= 4 is 35.0 Å². The third-order valence-electron chi connectivity index (χ3n) is 4.98. The van der Waals surface area contributed by atoms with Crippen LogP contribution in [0.1, 0.15) is 29.7 Å². The lowest BCUT2D eigenvalue weighted by molar-refractivity contribution is -0.133. The van der Waals surface area contributed by atoms with Crippen molar-refractivity contribution in [3.8, 4) is 5.75 Å². The number of carbonyl (C=O) groups excluding carboxylic acids is 2. The van der Waals surface area contributed by atoms with Gasteiger partial charge in [0.15, 0.2) is 6.61 Å². The highest BCUT2D eigenvalue weighted by Crippen LogP contribution is 2.39. The fraction of sp³-hybridized carbons (Fsp3) is 0.333. The Morgan fingerprint density at radius 3 is 2.43 bits per heavy atom. The van der Waals surface area contributed by atoms with Gasteiger partial charge in [0.05, 0.1) is 19.0 Å². The molecule has 0 aromatic heterocycles. The average Bonchev–Trinajstić information content (AvgIpc) is 3.00. The van der Waals surface area contributed by atoms with Crippen LogP contribution in [0.25, 0.3) is 0 Å². The lowest BCUT2D eigenvalue weighted by atomic mass is 10.1. The molecule has 2 aromatic rings. The van der Waals surface area contributed by atoms with E-state index in [1.165, 1.54) is 4.90 Å². The lowest BCUT2D eigenvalue weighted by Gasteiger charge is -2.22. The summed E-state index contributed by atoms with van der Waals surface area (Å²) in [6.45, 7) is 2.36. The summed E-state index contributed by atoms with van der Waals surface area (Å²) in [6.07, 6.45) is 0.131. The number of ether oxygens (including phenoxy) is 1. The summed E-state index contributed by atoms with van der Waals surface area (Å²) in [6, 6.07) is 10.8. The number of fused-ring (bicyclic) bond motifs is 1. The SMILES string of the molecule is CC1c2cccc(OCC(=O)N(C)C)c2CN1C(=O)Cc1c(Cl)cccc1Cl. The van der Waals surface area contributed by atoms with E-state index < -0.39 is 0 Å². The van der Waals surface area contributed by atoms with Crippen LogP contribution in [-0.4, -0.2) is 42.3 Å². The standard InChI is InChI=1S/C21H22Cl2N2O3/c1-13-14-6-4-9-19(28-12-21(27)24(2)3)16(14)11-25(13)20(26)10-15-17(22)7-5-8-18(15)23/h4-9,13H,10-12H2,1-3H3. The molecule has 0 radical (unpaired) electrons. The molecule has 1 aliphatic heterocycles. The molecule has 1 atom stereocenters.